The largest absolute Gasteiger partial charge is 0.357 e. The zero-order chi connectivity index (χ0) is 19.4. The van der Waals surface area contributed by atoms with Gasteiger partial charge in [-0.05, 0) is 44.1 Å². The molecule has 8 heteroatoms. The Labute approximate surface area is 191 Å². The molecule has 2 fully saturated rings. The van der Waals surface area contributed by atoms with Crippen LogP contribution < -0.4 is 10.6 Å². The molecule has 1 aromatic rings. The maximum absolute atomic E-state index is 11.7. The van der Waals surface area contributed by atoms with Gasteiger partial charge in [-0.3, -0.25) is 4.99 Å². The Morgan fingerprint density at radius 3 is 2.43 bits per heavy atom. The van der Waals surface area contributed by atoms with Crippen molar-refractivity contribution in [3.05, 3.63) is 22.4 Å². The number of halogens is 1. The molecule has 0 radical (unpaired) electrons. The molecule has 0 atom stereocenters. The number of hydrogen-bond acceptors (Lipinski definition) is 4. The standard InChI is InChI=1S/C20H33N3O2S2.HI/c1-3-21-18(22-14-19(11-12-19)16-27(2,24)25)23-15-20(9-5-4-6-10-20)17-8-7-13-26-17;/h7-8,13H,3-6,9-12,14-16H2,1-2H3,(H2,21,22,23);1H. The van der Waals surface area contributed by atoms with Crippen LogP contribution in [0.3, 0.4) is 0 Å². The highest BCUT2D eigenvalue weighted by molar-refractivity contribution is 14.0. The van der Waals surface area contributed by atoms with E-state index in [0.717, 1.165) is 31.9 Å². The highest BCUT2D eigenvalue weighted by Gasteiger charge is 2.45. The van der Waals surface area contributed by atoms with Crippen LogP contribution in [-0.2, 0) is 15.3 Å². The Bertz CT molecular complexity index is 738. The van der Waals surface area contributed by atoms with E-state index < -0.39 is 9.84 Å². The van der Waals surface area contributed by atoms with E-state index in [2.05, 4.69) is 35.1 Å². The van der Waals surface area contributed by atoms with Gasteiger partial charge >= 0.3 is 0 Å². The third-order valence-corrected chi connectivity index (χ3v) is 8.14. The fourth-order valence-electron chi connectivity index (χ4n) is 4.24. The molecule has 0 spiro atoms. The van der Waals surface area contributed by atoms with Gasteiger partial charge in [0.15, 0.2) is 5.96 Å². The number of nitrogens with one attached hydrogen (secondary N) is 2. The summed E-state index contributed by atoms with van der Waals surface area (Å²) in [5.74, 6) is 1.07. The Balaban J connectivity index is 0.00000280. The monoisotopic (exact) mass is 539 g/mol. The molecule has 2 aliphatic rings. The molecule has 28 heavy (non-hydrogen) atoms. The third-order valence-electron chi connectivity index (χ3n) is 5.89. The van der Waals surface area contributed by atoms with Crippen molar-refractivity contribution in [2.75, 3.05) is 31.6 Å². The van der Waals surface area contributed by atoms with E-state index in [-0.39, 0.29) is 40.6 Å². The van der Waals surface area contributed by atoms with Gasteiger partial charge in [0.05, 0.1) is 5.75 Å². The first-order valence-electron chi connectivity index (χ1n) is 10.1. The number of sulfone groups is 1. The van der Waals surface area contributed by atoms with E-state index in [1.165, 1.54) is 43.2 Å². The van der Waals surface area contributed by atoms with Gasteiger partial charge in [0.2, 0.25) is 0 Å². The summed E-state index contributed by atoms with van der Waals surface area (Å²) in [5.41, 5.74) is 0.0683. The van der Waals surface area contributed by atoms with Gasteiger partial charge in [-0.1, -0.05) is 25.3 Å². The van der Waals surface area contributed by atoms with Gasteiger partial charge in [0, 0.05) is 41.6 Å². The average molecular weight is 540 g/mol. The van der Waals surface area contributed by atoms with Crippen molar-refractivity contribution in [3.8, 4) is 0 Å². The van der Waals surface area contributed by atoms with Crippen LogP contribution in [-0.4, -0.2) is 46.0 Å². The predicted molar refractivity (Wildman–Crippen MR) is 130 cm³/mol. The van der Waals surface area contributed by atoms with Crippen LogP contribution in [0, 0.1) is 5.41 Å². The Morgan fingerprint density at radius 1 is 1.18 bits per heavy atom. The lowest BCUT2D eigenvalue weighted by Crippen LogP contribution is -2.46. The van der Waals surface area contributed by atoms with Crippen LogP contribution >= 0.6 is 35.3 Å². The zero-order valence-electron chi connectivity index (χ0n) is 17.0. The van der Waals surface area contributed by atoms with Crippen molar-refractivity contribution in [2.24, 2.45) is 10.4 Å². The summed E-state index contributed by atoms with van der Waals surface area (Å²) in [5, 5.41) is 9.09. The quantitative estimate of drug-likeness (QED) is 0.298. The topological polar surface area (TPSA) is 70.6 Å². The molecular weight excluding hydrogens is 505 g/mol. The van der Waals surface area contributed by atoms with Crippen molar-refractivity contribution < 1.29 is 8.42 Å². The molecule has 3 rings (SSSR count). The maximum atomic E-state index is 11.7. The molecule has 0 saturated heterocycles. The highest BCUT2D eigenvalue weighted by atomic mass is 127. The fourth-order valence-corrected chi connectivity index (χ4v) is 6.72. The second kappa shape index (κ2) is 10.1. The van der Waals surface area contributed by atoms with Crippen molar-refractivity contribution in [1.29, 1.82) is 0 Å². The van der Waals surface area contributed by atoms with Crippen LogP contribution in [0.4, 0.5) is 0 Å². The summed E-state index contributed by atoms with van der Waals surface area (Å²) in [7, 11) is -2.96. The molecule has 2 saturated carbocycles. The molecule has 160 valence electrons. The van der Waals surface area contributed by atoms with Gasteiger partial charge < -0.3 is 10.6 Å². The maximum Gasteiger partial charge on any atom is 0.191 e. The summed E-state index contributed by atoms with van der Waals surface area (Å²) < 4.78 is 23.4. The van der Waals surface area contributed by atoms with E-state index in [0.29, 0.717) is 6.54 Å². The minimum Gasteiger partial charge on any atom is -0.357 e. The number of thiophene rings is 1. The van der Waals surface area contributed by atoms with Crippen molar-refractivity contribution in [2.45, 2.75) is 57.3 Å². The molecule has 0 aromatic carbocycles. The summed E-state index contributed by atoms with van der Waals surface area (Å²) in [6, 6.07) is 4.42. The van der Waals surface area contributed by atoms with Crippen LogP contribution in [0.1, 0.15) is 56.7 Å². The van der Waals surface area contributed by atoms with E-state index in [4.69, 9.17) is 4.99 Å². The summed E-state index contributed by atoms with van der Waals surface area (Å²) in [4.78, 5) is 6.24. The van der Waals surface area contributed by atoms with E-state index in [1.54, 1.807) is 0 Å². The van der Waals surface area contributed by atoms with Gasteiger partial charge in [-0.25, -0.2) is 8.42 Å². The lowest BCUT2D eigenvalue weighted by Gasteiger charge is -2.37. The summed E-state index contributed by atoms with van der Waals surface area (Å²) in [6.45, 7) is 4.34. The summed E-state index contributed by atoms with van der Waals surface area (Å²) >= 11 is 1.86. The fraction of sp³-hybridized carbons (Fsp3) is 0.750. The van der Waals surface area contributed by atoms with E-state index in [9.17, 15) is 8.42 Å². The van der Waals surface area contributed by atoms with Crippen LogP contribution in [0.2, 0.25) is 0 Å². The zero-order valence-corrected chi connectivity index (χ0v) is 21.0. The van der Waals surface area contributed by atoms with Gasteiger partial charge in [-0.15, -0.1) is 35.3 Å². The Hall–Kier alpha value is -0.350. The highest BCUT2D eigenvalue weighted by Crippen LogP contribution is 2.47. The lowest BCUT2D eigenvalue weighted by atomic mass is 9.73. The van der Waals surface area contributed by atoms with E-state index in [1.807, 2.05) is 11.3 Å². The number of guanidine groups is 1. The predicted octanol–water partition coefficient (Wildman–Crippen LogP) is 3.95. The van der Waals surface area contributed by atoms with Crippen LogP contribution in [0.15, 0.2) is 22.5 Å². The first-order valence-corrected chi connectivity index (χ1v) is 13.0. The second-order valence-electron chi connectivity index (χ2n) is 8.44. The lowest BCUT2D eigenvalue weighted by molar-refractivity contribution is 0.296. The van der Waals surface area contributed by atoms with Crippen molar-refractivity contribution in [3.63, 3.8) is 0 Å². The smallest absolute Gasteiger partial charge is 0.191 e. The van der Waals surface area contributed by atoms with Crippen LogP contribution in [0.5, 0.6) is 0 Å². The first kappa shape index (κ1) is 23.9. The van der Waals surface area contributed by atoms with Crippen molar-refractivity contribution in [1.82, 2.24) is 10.6 Å². The third kappa shape index (κ3) is 6.58. The van der Waals surface area contributed by atoms with E-state index >= 15 is 0 Å². The number of rotatable bonds is 8. The van der Waals surface area contributed by atoms with Gasteiger partial charge in [-0.2, -0.15) is 0 Å². The molecule has 0 unspecified atom stereocenters. The minimum absolute atomic E-state index is 0. The number of hydrogen-bond donors (Lipinski definition) is 2. The van der Waals surface area contributed by atoms with Crippen LogP contribution in [0.25, 0.3) is 0 Å². The molecule has 2 N–H and O–H groups in total. The molecular formula is C20H34IN3O2S2. The second-order valence-corrected chi connectivity index (χ2v) is 11.5. The molecule has 5 nitrogen and oxygen atoms in total. The normalized spacial score (nSPS) is 20.9. The van der Waals surface area contributed by atoms with Crippen molar-refractivity contribution >= 4 is 51.1 Å². The summed E-state index contributed by atoms with van der Waals surface area (Å²) in [6.07, 6.45) is 9.58. The Kier molecular flexibility index (Phi) is 8.64. The Morgan fingerprint density at radius 2 is 1.89 bits per heavy atom. The minimum atomic E-state index is -2.96. The molecule has 0 amide bonds. The SMILES string of the molecule is CCNC(=NCC1(CS(C)(=O)=O)CC1)NCC1(c2cccs2)CCCCC1.I. The molecule has 0 aliphatic heterocycles. The average Bonchev–Trinajstić information content (AvgIpc) is 3.14. The molecule has 1 heterocycles. The molecule has 1 aromatic heterocycles. The van der Waals surface area contributed by atoms with Gasteiger partial charge in [0.25, 0.3) is 0 Å². The number of nitrogens with zero attached hydrogens (tertiary/aromatic N) is 1. The molecule has 2 aliphatic carbocycles. The number of aliphatic imine (C=N–C) groups is 1. The van der Waals surface area contributed by atoms with Gasteiger partial charge in [0.1, 0.15) is 9.84 Å². The first-order chi connectivity index (χ1) is 12.9. The molecule has 0 bridgehead atoms.